The van der Waals surface area contributed by atoms with E-state index in [4.69, 9.17) is 14.3 Å². The number of hydrogen-bond acceptors (Lipinski definition) is 5. The zero-order valence-electron chi connectivity index (χ0n) is 10.5. The van der Waals surface area contributed by atoms with Crippen LogP contribution in [0.2, 0.25) is 0 Å². The van der Waals surface area contributed by atoms with Crippen LogP contribution in [-0.2, 0) is 19.1 Å². The van der Waals surface area contributed by atoms with Crippen LogP contribution >= 0.6 is 0 Å². The molecule has 18 heavy (non-hydrogen) atoms. The largest absolute Gasteiger partial charge is 0.433 e. The summed E-state index contributed by atoms with van der Waals surface area (Å²) in [6.07, 6.45) is 4.10. The van der Waals surface area contributed by atoms with Crippen LogP contribution in [0.4, 0.5) is 0 Å². The van der Waals surface area contributed by atoms with E-state index in [0.717, 1.165) is 19.4 Å². The topological polar surface area (TPSA) is 48.0 Å². The van der Waals surface area contributed by atoms with Gasteiger partial charge in [0.2, 0.25) is 6.29 Å². The van der Waals surface area contributed by atoms with Gasteiger partial charge in [-0.1, -0.05) is 6.08 Å². The van der Waals surface area contributed by atoms with Crippen LogP contribution in [-0.4, -0.2) is 41.6 Å². The van der Waals surface area contributed by atoms with Crippen molar-refractivity contribution in [2.75, 3.05) is 13.2 Å². The zero-order chi connectivity index (χ0) is 12.6. The fraction of sp³-hybridized carbons (Fsp3) is 0.769. The quantitative estimate of drug-likeness (QED) is 0.541. The van der Waals surface area contributed by atoms with E-state index in [1.54, 1.807) is 0 Å². The first kappa shape index (κ1) is 11.0. The van der Waals surface area contributed by atoms with Crippen LogP contribution in [0.1, 0.15) is 26.2 Å². The Morgan fingerprint density at radius 3 is 3.22 bits per heavy atom. The van der Waals surface area contributed by atoms with Crippen LogP contribution in [0, 0.1) is 5.41 Å². The highest BCUT2D eigenvalue weighted by atomic mass is 16.8. The summed E-state index contributed by atoms with van der Waals surface area (Å²) in [7, 11) is 0. The summed E-state index contributed by atoms with van der Waals surface area (Å²) in [5.74, 6) is -0.303. The maximum Gasteiger partial charge on any atom is 0.343 e. The van der Waals surface area contributed by atoms with E-state index in [-0.39, 0.29) is 11.5 Å². The van der Waals surface area contributed by atoms with Crippen molar-refractivity contribution < 1.29 is 19.1 Å². The fourth-order valence-electron chi connectivity index (χ4n) is 4.52. The molecule has 5 nitrogen and oxygen atoms in total. The molecular weight excluding hydrogens is 234 g/mol. The molecule has 1 spiro atoms. The summed E-state index contributed by atoms with van der Waals surface area (Å²) in [4.78, 5) is 18.2. The van der Waals surface area contributed by atoms with Crippen molar-refractivity contribution in [3.8, 4) is 0 Å². The smallest absolute Gasteiger partial charge is 0.343 e. The third-order valence-electron chi connectivity index (χ3n) is 5.35. The van der Waals surface area contributed by atoms with E-state index >= 15 is 0 Å². The second kappa shape index (κ2) is 2.98. The summed E-state index contributed by atoms with van der Waals surface area (Å²) in [5.41, 5.74) is -1.58. The molecule has 0 aliphatic carbocycles. The third-order valence-corrected chi connectivity index (χ3v) is 5.35. The van der Waals surface area contributed by atoms with Crippen molar-refractivity contribution in [1.29, 1.82) is 0 Å². The number of carbonyl (C=O) groups excluding carboxylic acids is 1. The SMILES string of the molecule is C=CC[C@@]12[C@H]3OC[C@@]14CCCN4O[C@]2(C)C(=O)O3. The molecule has 4 rings (SSSR count). The molecule has 0 bridgehead atoms. The summed E-state index contributed by atoms with van der Waals surface area (Å²) in [6, 6.07) is 0. The normalized spacial score (nSPS) is 53.4. The molecule has 4 heterocycles. The Kier molecular flexibility index (Phi) is 1.81. The highest BCUT2D eigenvalue weighted by molar-refractivity contribution is 5.84. The Bertz CT molecular complexity index is 452. The first-order valence-electron chi connectivity index (χ1n) is 6.51. The highest BCUT2D eigenvalue weighted by Crippen LogP contribution is 2.68. The second-order valence-electron chi connectivity index (χ2n) is 5.87. The molecule has 0 unspecified atom stereocenters. The Labute approximate surface area is 106 Å². The average molecular weight is 251 g/mol. The van der Waals surface area contributed by atoms with Gasteiger partial charge in [-0.15, -0.1) is 6.58 Å². The van der Waals surface area contributed by atoms with Gasteiger partial charge in [-0.25, -0.2) is 4.79 Å². The van der Waals surface area contributed by atoms with Gasteiger partial charge in [0, 0.05) is 6.54 Å². The Morgan fingerprint density at radius 1 is 1.61 bits per heavy atom. The first-order valence-corrected chi connectivity index (χ1v) is 6.51. The summed E-state index contributed by atoms with van der Waals surface area (Å²) < 4.78 is 11.2. The Morgan fingerprint density at radius 2 is 2.44 bits per heavy atom. The Hall–Kier alpha value is -0.910. The van der Waals surface area contributed by atoms with Crippen LogP contribution in [0.3, 0.4) is 0 Å². The fourth-order valence-corrected chi connectivity index (χ4v) is 4.52. The van der Waals surface area contributed by atoms with E-state index < -0.39 is 17.3 Å². The number of esters is 1. The van der Waals surface area contributed by atoms with Crippen molar-refractivity contribution in [2.24, 2.45) is 5.41 Å². The maximum atomic E-state index is 12.2. The van der Waals surface area contributed by atoms with Gasteiger partial charge in [-0.05, 0) is 26.2 Å². The Balaban J connectivity index is 1.96. The molecule has 0 aromatic carbocycles. The number of hydrogen-bond donors (Lipinski definition) is 0. The van der Waals surface area contributed by atoms with E-state index in [1.807, 2.05) is 18.1 Å². The van der Waals surface area contributed by atoms with Gasteiger partial charge in [0.25, 0.3) is 0 Å². The lowest BCUT2D eigenvalue weighted by Gasteiger charge is -2.38. The number of hydroxylamine groups is 2. The minimum atomic E-state index is -0.928. The maximum absolute atomic E-state index is 12.2. The van der Waals surface area contributed by atoms with Crippen molar-refractivity contribution in [3.63, 3.8) is 0 Å². The van der Waals surface area contributed by atoms with E-state index in [1.165, 1.54) is 0 Å². The van der Waals surface area contributed by atoms with E-state index in [2.05, 4.69) is 6.58 Å². The summed E-state index contributed by atoms with van der Waals surface area (Å²) in [6.45, 7) is 7.12. The predicted octanol–water partition coefficient (Wildman–Crippen LogP) is 1.00. The summed E-state index contributed by atoms with van der Waals surface area (Å²) in [5, 5.41) is 1.98. The van der Waals surface area contributed by atoms with Gasteiger partial charge < -0.3 is 9.47 Å². The van der Waals surface area contributed by atoms with Crippen molar-refractivity contribution >= 4 is 5.97 Å². The zero-order valence-corrected chi connectivity index (χ0v) is 10.5. The molecule has 0 aromatic heterocycles. The van der Waals surface area contributed by atoms with Crippen molar-refractivity contribution in [1.82, 2.24) is 5.06 Å². The van der Waals surface area contributed by atoms with Crippen LogP contribution in [0.25, 0.3) is 0 Å². The lowest BCUT2D eigenvalue weighted by atomic mass is 9.61. The molecule has 98 valence electrons. The van der Waals surface area contributed by atoms with Crippen LogP contribution in [0.15, 0.2) is 12.7 Å². The van der Waals surface area contributed by atoms with E-state index in [9.17, 15) is 4.79 Å². The van der Waals surface area contributed by atoms with Gasteiger partial charge >= 0.3 is 5.97 Å². The van der Waals surface area contributed by atoms with Crippen LogP contribution < -0.4 is 0 Å². The predicted molar refractivity (Wildman–Crippen MR) is 61.2 cm³/mol. The molecule has 0 amide bonds. The molecular formula is C13H17NO4. The molecule has 0 radical (unpaired) electrons. The number of carbonyl (C=O) groups is 1. The van der Waals surface area contributed by atoms with Crippen LogP contribution in [0.5, 0.6) is 0 Å². The first-order chi connectivity index (χ1) is 8.61. The second-order valence-corrected chi connectivity index (χ2v) is 5.87. The summed E-state index contributed by atoms with van der Waals surface area (Å²) >= 11 is 0. The van der Waals surface area contributed by atoms with Crippen molar-refractivity contribution in [3.05, 3.63) is 12.7 Å². The molecule has 4 fully saturated rings. The van der Waals surface area contributed by atoms with Gasteiger partial charge in [0.1, 0.15) is 5.41 Å². The molecule has 4 aliphatic heterocycles. The van der Waals surface area contributed by atoms with E-state index in [0.29, 0.717) is 13.0 Å². The number of ether oxygens (including phenoxy) is 2. The monoisotopic (exact) mass is 251 g/mol. The van der Waals surface area contributed by atoms with Gasteiger partial charge in [0.15, 0.2) is 5.60 Å². The molecule has 0 N–H and O–H groups in total. The number of nitrogens with zero attached hydrogens (tertiary/aromatic N) is 1. The minimum Gasteiger partial charge on any atom is -0.433 e. The molecule has 0 aromatic rings. The molecule has 0 saturated carbocycles. The minimum absolute atomic E-state index is 0.216. The van der Waals surface area contributed by atoms with Gasteiger partial charge in [0.05, 0.1) is 12.1 Å². The average Bonchev–Trinajstić information content (AvgIpc) is 2.96. The molecule has 5 heteroatoms. The van der Waals surface area contributed by atoms with Crippen molar-refractivity contribution in [2.45, 2.75) is 43.6 Å². The highest BCUT2D eigenvalue weighted by Gasteiger charge is 2.85. The number of allylic oxidation sites excluding steroid dienone is 1. The molecule has 4 aliphatic rings. The molecule has 4 saturated heterocycles. The van der Waals surface area contributed by atoms with Gasteiger partial charge in [-0.3, -0.25) is 4.84 Å². The third kappa shape index (κ3) is 0.803. The lowest BCUT2D eigenvalue weighted by molar-refractivity contribution is -0.213. The number of rotatable bonds is 2. The molecule has 4 atom stereocenters. The lowest BCUT2D eigenvalue weighted by Crippen LogP contribution is -2.55. The van der Waals surface area contributed by atoms with Gasteiger partial charge in [-0.2, -0.15) is 5.06 Å². The standard InChI is InChI=1S/C13H17NO4/c1-3-5-13-10-16-8-12(13)6-4-7-14(12)18-11(13,2)9(15)17-10/h3,10H,1,4-8H2,2H3/t10-,11+,12-,13-/m0/s1.